The lowest BCUT2D eigenvalue weighted by Crippen LogP contribution is -2.15. The maximum atomic E-state index is 13.0. The van der Waals surface area contributed by atoms with Crippen LogP contribution in [0.3, 0.4) is 0 Å². The highest BCUT2D eigenvalue weighted by atomic mass is 32.1. The number of thiazole rings is 1. The van der Waals surface area contributed by atoms with Gasteiger partial charge in [0.2, 0.25) is 5.91 Å². The van der Waals surface area contributed by atoms with E-state index in [-0.39, 0.29) is 5.91 Å². The van der Waals surface area contributed by atoms with Gasteiger partial charge in [0.05, 0.1) is 15.9 Å². The van der Waals surface area contributed by atoms with Crippen molar-refractivity contribution >= 4 is 39.2 Å². The Labute approximate surface area is 240 Å². The van der Waals surface area contributed by atoms with Crippen LogP contribution in [0.4, 0.5) is 5.69 Å². The van der Waals surface area contributed by atoms with Gasteiger partial charge in [-0.15, -0.1) is 11.3 Å². The molecule has 0 spiro atoms. The van der Waals surface area contributed by atoms with E-state index in [4.69, 9.17) is 19.6 Å². The zero-order valence-electron chi connectivity index (χ0n) is 21.9. The molecular formula is C33H24N4O3S. The molecular weight excluding hydrogens is 532 g/mol. The molecule has 7 rings (SSSR count). The number of anilines is 1. The van der Waals surface area contributed by atoms with Crippen molar-refractivity contribution in [2.75, 3.05) is 18.5 Å². The Kier molecular flexibility index (Phi) is 6.50. The number of benzene rings is 4. The predicted molar refractivity (Wildman–Crippen MR) is 163 cm³/mol. The van der Waals surface area contributed by atoms with Crippen LogP contribution in [0.25, 0.3) is 43.8 Å². The number of carbonyl (C=O) groups excluding carboxylic acids is 1. The van der Waals surface area contributed by atoms with Crippen LogP contribution in [0.5, 0.6) is 11.5 Å². The molecule has 0 aliphatic carbocycles. The second kappa shape index (κ2) is 10.7. The van der Waals surface area contributed by atoms with Crippen molar-refractivity contribution in [2.45, 2.75) is 0 Å². The molecule has 0 radical (unpaired) electrons. The quantitative estimate of drug-likeness (QED) is 0.219. The molecule has 0 unspecified atom stereocenters. The number of aromatic nitrogens is 3. The minimum atomic E-state index is -0.243. The Morgan fingerprint density at radius 3 is 2.56 bits per heavy atom. The van der Waals surface area contributed by atoms with Crippen molar-refractivity contribution < 1.29 is 14.3 Å². The molecule has 2 aromatic heterocycles. The van der Waals surface area contributed by atoms with E-state index >= 15 is 0 Å². The SMILES string of the molecule is O=C(C=Cc1cn(-c2ccccc2)nc1-c1ccc2c(c1)OCCO2)Nc1cccc(-c2nc3ccccc3s2)c1. The molecule has 6 aromatic rings. The normalized spacial score (nSPS) is 12.6. The summed E-state index contributed by atoms with van der Waals surface area (Å²) in [5, 5.41) is 8.75. The molecule has 200 valence electrons. The lowest BCUT2D eigenvalue weighted by molar-refractivity contribution is -0.111. The average Bonchev–Trinajstić information content (AvgIpc) is 3.65. The molecule has 3 heterocycles. The molecule has 4 aromatic carbocycles. The summed E-state index contributed by atoms with van der Waals surface area (Å²) in [5.41, 5.74) is 5.93. The zero-order valence-corrected chi connectivity index (χ0v) is 22.7. The lowest BCUT2D eigenvalue weighted by atomic mass is 10.1. The summed E-state index contributed by atoms with van der Waals surface area (Å²) in [5.74, 6) is 1.16. The Balaban J connectivity index is 1.16. The first-order valence-electron chi connectivity index (χ1n) is 13.2. The number of hydrogen-bond donors (Lipinski definition) is 1. The number of nitrogens with zero attached hydrogens (tertiary/aromatic N) is 3. The minimum Gasteiger partial charge on any atom is -0.486 e. The van der Waals surface area contributed by atoms with E-state index in [1.807, 2.05) is 102 Å². The van der Waals surface area contributed by atoms with Crippen LogP contribution in [-0.2, 0) is 4.79 Å². The molecule has 0 saturated carbocycles. The Hall–Kier alpha value is -5.21. The number of fused-ring (bicyclic) bond motifs is 2. The number of rotatable bonds is 6. The molecule has 1 amide bonds. The van der Waals surface area contributed by atoms with E-state index in [1.165, 1.54) is 6.08 Å². The van der Waals surface area contributed by atoms with Crippen molar-refractivity contribution in [3.63, 3.8) is 0 Å². The first-order chi connectivity index (χ1) is 20.2. The van der Waals surface area contributed by atoms with Gasteiger partial charge in [0.25, 0.3) is 0 Å². The van der Waals surface area contributed by atoms with Crippen molar-refractivity contribution in [3.8, 4) is 39.0 Å². The van der Waals surface area contributed by atoms with E-state index in [2.05, 4.69) is 11.4 Å². The minimum absolute atomic E-state index is 0.243. The molecule has 0 atom stereocenters. The van der Waals surface area contributed by atoms with Crippen molar-refractivity contribution in [1.82, 2.24) is 14.8 Å². The highest BCUT2D eigenvalue weighted by Gasteiger charge is 2.17. The van der Waals surface area contributed by atoms with Crippen LogP contribution in [0, 0.1) is 0 Å². The number of amides is 1. The van der Waals surface area contributed by atoms with E-state index in [0.717, 1.165) is 43.3 Å². The van der Waals surface area contributed by atoms with Crippen LogP contribution < -0.4 is 14.8 Å². The van der Waals surface area contributed by atoms with E-state index < -0.39 is 0 Å². The third-order valence-electron chi connectivity index (χ3n) is 6.66. The smallest absolute Gasteiger partial charge is 0.248 e. The molecule has 41 heavy (non-hydrogen) atoms. The Morgan fingerprint density at radius 2 is 1.68 bits per heavy atom. The molecule has 8 heteroatoms. The highest BCUT2D eigenvalue weighted by Crippen LogP contribution is 2.36. The summed E-state index contributed by atoms with van der Waals surface area (Å²) in [6.07, 6.45) is 5.22. The van der Waals surface area contributed by atoms with Crippen molar-refractivity contribution in [3.05, 3.63) is 115 Å². The fourth-order valence-electron chi connectivity index (χ4n) is 4.71. The van der Waals surface area contributed by atoms with Crippen molar-refractivity contribution in [1.29, 1.82) is 0 Å². The standard InChI is InChI=1S/C33H24N4O3S/c38-31(34-25-8-6-7-23(19-25)33-35-27-11-4-5-12-30(27)41-33)16-14-24-21-37(26-9-2-1-3-10-26)36-32(24)22-13-15-28-29(20-22)40-18-17-39-28/h1-16,19-21H,17-18H2,(H,34,38). The van der Waals surface area contributed by atoms with Gasteiger partial charge in [-0.1, -0.05) is 42.5 Å². The maximum absolute atomic E-state index is 13.0. The number of para-hydroxylation sites is 2. The fourth-order valence-corrected chi connectivity index (χ4v) is 5.67. The van der Waals surface area contributed by atoms with Gasteiger partial charge in [0.15, 0.2) is 11.5 Å². The van der Waals surface area contributed by atoms with E-state index in [9.17, 15) is 4.79 Å². The molecule has 1 aliphatic rings. The lowest BCUT2D eigenvalue weighted by Gasteiger charge is -2.18. The molecule has 1 N–H and O–H groups in total. The summed E-state index contributed by atoms with van der Waals surface area (Å²) in [6, 6.07) is 31.4. The van der Waals surface area contributed by atoms with Gasteiger partial charge in [-0.05, 0) is 60.7 Å². The van der Waals surface area contributed by atoms with Gasteiger partial charge < -0.3 is 14.8 Å². The topological polar surface area (TPSA) is 78.3 Å². The summed E-state index contributed by atoms with van der Waals surface area (Å²) in [7, 11) is 0. The molecule has 0 bridgehead atoms. The number of hydrogen-bond acceptors (Lipinski definition) is 6. The summed E-state index contributed by atoms with van der Waals surface area (Å²) in [6.45, 7) is 1.03. The number of ether oxygens (including phenoxy) is 2. The van der Waals surface area contributed by atoms with E-state index in [1.54, 1.807) is 17.4 Å². The van der Waals surface area contributed by atoms with Crippen molar-refractivity contribution in [2.24, 2.45) is 0 Å². The van der Waals surface area contributed by atoms with Crippen LogP contribution in [0.15, 0.2) is 109 Å². The van der Waals surface area contributed by atoms with Crippen LogP contribution in [-0.4, -0.2) is 33.9 Å². The summed E-state index contributed by atoms with van der Waals surface area (Å²) < 4.78 is 14.4. The molecule has 7 nitrogen and oxygen atoms in total. The summed E-state index contributed by atoms with van der Waals surface area (Å²) in [4.78, 5) is 17.8. The summed E-state index contributed by atoms with van der Waals surface area (Å²) >= 11 is 1.63. The Bertz CT molecular complexity index is 1880. The van der Waals surface area contributed by atoms with Gasteiger partial charge in [-0.25, -0.2) is 9.67 Å². The first-order valence-corrected chi connectivity index (χ1v) is 14.0. The maximum Gasteiger partial charge on any atom is 0.248 e. The molecule has 1 aliphatic heterocycles. The van der Waals surface area contributed by atoms with Gasteiger partial charge in [-0.3, -0.25) is 4.79 Å². The largest absolute Gasteiger partial charge is 0.486 e. The van der Waals surface area contributed by atoms with Crippen LogP contribution in [0.1, 0.15) is 5.56 Å². The monoisotopic (exact) mass is 556 g/mol. The highest BCUT2D eigenvalue weighted by molar-refractivity contribution is 7.21. The molecule has 0 fully saturated rings. The zero-order chi connectivity index (χ0) is 27.6. The second-order valence-electron chi connectivity index (χ2n) is 9.46. The van der Waals surface area contributed by atoms with Crippen LogP contribution >= 0.6 is 11.3 Å². The fraction of sp³-hybridized carbons (Fsp3) is 0.0606. The Morgan fingerprint density at radius 1 is 0.854 bits per heavy atom. The second-order valence-corrected chi connectivity index (χ2v) is 10.5. The van der Waals surface area contributed by atoms with Crippen LogP contribution in [0.2, 0.25) is 0 Å². The predicted octanol–water partition coefficient (Wildman–Crippen LogP) is 7.24. The van der Waals surface area contributed by atoms with Gasteiger partial charge in [0.1, 0.15) is 23.9 Å². The third kappa shape index (κ3) is 5.20. The first kappa shape index (κ1) is 24.8. The third-order valence-corrected chi connectivity index (χ3v) is 7.75. The van der Waals surface area contributed by atoms with E-state index in [0.29, 0.717) is 30.4 Å². The van der Waals surface area contributed by atoms with Gasteiger partial charge in [0, 0.05) is 34.7 Å². The average molecular weight is 557 g/mol. The number of nitrogens with one attached hydrogen (secondary N) is 1. The van der Waals surface area contributed by atoms with Gasteiger partial charge >= 0.3 is 0 Å². The van der Waals surface area contributed by atoms with Gasteiger partial charge in [-0.2, -0.15) is 5.10 Å². The molecule has 0 saturated heterocycles. The number of carbonyl (C=O) groups is 1.